The summed E-state index contributed by atoms with van der Waals surface area (Å²) in [5, 5.41) is -1.18. The van der Waals surface area contributed by atoms with Gasteiger partial charge in [-0.15, -0.1) is 34.8 Å². The van der Waals surface area contributed by atoms with Crippen LogP contribution in [0.4, 0.5) is 0 Å². The number of hydrogen-bond donors (Lipinski definition) is 0. The van der Waals surface area contributed by atoms with Crippen LogP contribution in [0.5, 0.6) is 0 Å². The molecule has 0 aromatic carbocycles. The first-order chi connectivity index (χ1) is 6.61. The lowest BCUT2D eigenvalue weighted by molar-refractivity contribution is -0.141. The fourth-order valence-electron chi connectivity index (χ4n) is 0.651. The van der Waals surface area contributed by atoms with Gasteiger partial charge in [-0.2, -0.15) is 0 Å². The largest absolute Gasteiger partial charge is 0.424 e. The molecule has 2 nitrogen and oxygen atoms in total. The Kier molecular flexibility index (Phi) is 6.09. The van der Waals surface area contributed by atoms with Crippen LogP contribution in [0.2, 0.25) is 0 Å². The molecule has 0 aliphatic carbocycles. The van der Waals surface area contributed by atoms with Crippen molar-refractivity contribution < 1.29 is 9.53 Å². The highest BCUT2D eigenvalue weighted by Gasteiger charge is 2.47. The molecule has 0 aromatic heterocycles. The maximum absolute atomic E-state index is 11.1. The molecule has 0 aromatic rings. The van der Waals surface area contributed by atoms with Crippen molar-refractivity contribution >= 4 is 64.0 Å². The van der Waals surface area contributed by atoms with Crippen LogP contribution < -0.4 is 0 Å². The van der Waals surface area contributed by atoms with E-state index in [2.05, 4.69) is 4.74 Å². The predicted octanol–water partition coefficient (Wildman–Crippen LogP) is 4.04. The molecule has 1 atom stereocenters. The van der Waals surface area contributed by atoms with Crippen molar-refractivity contribution in [2.24, 2.45) is 0 Å². The van der Waals surface area contributed by atoms with Gasteiger partial charge >= 0.3 is 5.97 Å². The molecule has 7 heteroatoms. The van der Waals surface area contributed by atoms with E-state index in [1.54, 1.807) is 6.92 Å². The number of esters is 1. The zero-order valence-corrected chi connectivity index (χ0v) is 11.7. The topological polar surface area (TPSA) is 26.3 Å². The second-order valence-electron chi connectivity index (χ2n) is 2.80. The molecule has 0 bridgehead atoms. The van der Waals surface area contributed by atoms with Crippen LogP contribution in [0.3, 0.4) is 0 Å². The van der Waals surface area contributed by atoms with E-state index < -0.39 is 20.2 Å². The van der Waals surface area contributed by atoms with E-state index in [1.807, 2.05) is 0 Å². The summed E-state index contributed by atoms with van der Waals surface area (Å²) in [7, 11) is 0. The van der Waals surface area contributed by atoms with Crippen LogP contribution in [0.15, 0.2) is 12.2 Å². The van der Waals surface area contributed by atoms with Gasteiger partial charge in [0.05, 0.1) is 0 Å². The molecule has 1 unspecified atom stereocenters. The van der Waals surface area contributed by atoms with Crippen LogP contribution >= 0.6 is 58.0 Å². The molecule has 0 saturated heterocycles. The van der Waals surface area contributed by atoms with Crippen LogP contribution in [-0.2, 0) is 9.53 Å². The molecule has 0 aliphatic heterocycles. The molecular formula is C8H9Cl5O2. The highest BCUT2D eigenvalue weighted by molar-refractivity contribution is 6.58. The van der Waals surface area contributed by atoms with Gasteiger partial charge in [0.15, 0.2) is 0 Å². The summed E-state index contributed by atoms with van der Waals surface area (Å²) in [6.07, 6.45) is 2.61. The Labute approximate surface area is 113 Å². The molecule has 0 heterocycles. The molecule has 15 heavy (non-hydrogen) atoms. The van der Waals surface area contributed by atoms with Gasteiger partial charge in [-0.1, -0.05) is 29.3 Å². The monoisotopic (exact) mass is 312 g/mol. The van der Waals surface area contributed by atoms with Crippen LogP contribution in [-0.4, -0.2) is 20.2 Å². The van der Waals surface area contributed by atoms with Crippen molar-refractivity contribution in [1.29, 1.82) is 0 Å². The highest BCUT2D eigenvalue weighted by Crippen LogP contribution is 2.42. The number of halogens is 5. The average Bonchev–Trinajstić information content (AvgIpc) is 2.00. The predicted molar refractivity (Wildman–Crippen MR) is 65.1 cm³/mol. The molecule has 0 N–H and O–H groups in total. The summed E-state index contributed by atoms with van der Waals surface area (Å²) < 4.78 is 1.25. The Bertz CT molecular complexity index is 256. The van der Waals surface area contributed by atoms with Crippen molar-refractivity contribution in [3.8, 4) is 0 Å². The number of alkyl halides is 5. The fourth-order valence-corrected chi connectivity index (χ4v) is 1.81. The quantitative estimate of drug-likeness (QED) is 0.445. The Morgan fingerprint density at radius 1 is 1.33 bits per heavy atom. The third-order valence-corrected chi connectivity index (χ3v) is 3.50. The molecule has 0 spiro atoms. The maximum atomic E-state index is 11.1. The summed E-state index contributed by atoms with van der Waals surface area (Å²) in [6.45, 7) is 3.02. The van der Waals surface area contributed by atoms with Crippen molar-refractivity contribution in [3.05, 3.63) is 12.2 Å². The van der Waals surface area contributed by atoms with Gasteiger partial charge in [-0.05, 0) is 13.8 Å². The number of hydrogen-bond acceptors (Lipinski definition) is 2. The molecule has 0 amide bonds. The van der Waals surface area contributed by atoms with E-state index in [0.29, 0.717) is 0 Å². The van der Waals surface area contributed by atoms with Gasteiger partial charge in [-0.25, -0.2) is 4.79 Å². The minimum absolute atomic E-state index is 0.731. The van der Waals surface area contributed by atoms with Gasteiger partial charge < -0.3 is 4.74 Å². The zero-order valence-electron chi connectivity index (χ0n) is 7.94. The lowest BCUT2D eigenvalue weighted by Crippen LogP contribution is -2.41. The van der Waals surface area contributed by atoms with Gasteiger partial charge in [0.2, 0.25) is 0 Å². The molecule has 0 aliphatic rings. The number of rotatable bonds is 4. The second kappa shape index (κ2) is 5.83. The van der Waals surface area contributed by atoms with E-state index in [0.717, 1.165) is 6.08 Å². The number of allylic oxidation sites excluding steroid dienone is 1. The summed E-state index contributed by atoms with van der Waals surface area (Å²) in [6, 6.07) is 0. The molecular weight excluding hydrogens is 305 g/mol. The van der Waals surface area contributed by atoms with Crippen molar-refractivity contribution in [1.82, 2.24) is 0 Å². The first kappa shape index (κ1) is 15.7. The third-order valence-electron chi connectivity index (χ3n) is 1.28. The Hall–Kier alpha value is 0.660. The molecule has 0 saturated carbocycles. The second-order valence-corrected chi connectivity index (χ2v) is 6.32. The smallest absolute Gasteiger partial charge is 0.333 e. The van der Waals surface area contributed by atoms with E-state index in [1.165, 1.54) is 13.0 Å². The van der Waals surface area contributed by atoms with Gasteiger partial charge in [0.25, 0.3) is 4.52 Å². The Balaban J connectivity index is 4.62. The molecule has 0 fully saturated rings. The standard InChI is InChI=1S/C8H9Cl5O2/c1-3-4-5(14)15-8(12,13)6(9)7(2,10)11/h3-4,6H,1-2H3/b4-3+. The van der Waals surface area contributed by atoms with Crippen LogP contribution in [0, 0.1) is 0 Å². The minimum Gasteiger partial charge on any atom is -0.424 e. The van der Waals surface area contributed by atoms with Gasteiger partial charge in [0, 0.05) is 6.08 Å². The van der Waals surface area contributed by atoms with Crippen molar-refractivity contribution in [2.75, 3.05) is 0 Å². The summed E-state index contributed by atoms with van der Waals surface area (Å²) in [5.74, 6) is -0.731. The number of carbonyl (C=O) groups is 1. The molecule has 0 rings (SSSR count). The third kappa shape index (κ3) is 5.50. The SMILES string of the molecule is C/C=C/C(=O)OC(Cl)(Cl)C(Cl)C(C)(Cl)Cl. The average molecular weight is 314 g/mol. The number of carbonyl (C=O) groups excluding carboxylic acids is 1. The van der Waals surface area contributed by atoms with E-state index >= 15 is 0 Å². The van der Waals surface area contributed by atoms with Crippen molar-refractivity contribution in [3.63, 3.8) is 0 Å². The van der Waals surface area contributed by atoms with E-state index in [4.69, 9.17) is 58.0 Å². The highest BCUT2D eigenvalue weighted by atomic mass is 35.5. The number of ether oxygens (including phenoxy) is 1. The first-order valence-corrected chi connectivity index (χ1v) is 5.81. The van der Waals surface area contributed by atoms with E-state index in [-0.39, 0.29) is 0 Å². The summed E-state index contributed by atoms with van der Waals surface area (Å²) in [5.41, 5.74) is 0. The van der Waals surface area contributed by atoms with E-state index in [9.17, 15) is 4.79 Å². The molecule has 0 radical (unpaired) electrons. The summed E-state index contributed by atoms with van der Waals surface area (Å²) >= 11 is 28.5. The van der Waals surface area contributed by atoms with Crippen LogP contribution in [0.1, 0.15) is 13.8 Å². The summed E-state index contributed by atoms with van der Waals surface area (Å²) in [4.78, 5) is 11.1. The fraction of sp³-hybridized carbons (Fsp3) is 0.625. The minimum atomic E-state index is -1.99. The Morgan fingerprint density at radius 3 is 2.13 bits per heavy atom. The normalized spacial score (nSPS) is 15.4. The first-order valence-electron chi connectivity index (χ1n) is 3.86. The Morgan fingerprint density at radius 2 is 1.80 bits per heavy atom. The van der Waals surface area contributed by atoms with Gasteiger partial charge in [0.1, 0.15) is 9.71 Å². The lowest BCUT2D eigenvalue weighted by Gasteiger charge is -2.30. The van der Waals surface area contributed by atoms with Gasteiger partial charge in [-0.3, -0.25) is 0 Å². The molecule has 88 valence electrons. The lowest BCUT2D eigenvalue weighted by atomic mass is 10.3. The van der Waals surface area contributed by atoms with Crippen LogP contribution in [0.25, 0.3) is 0 Å². The maximum Gasteiger partial charge on any atom is 0.333 e. The van der Waals surface area contributed by atoms with Crippen molar-refractivity contribution in [2.45, 2.75) is 28.1 Å². The zero-order chi connectivity index (χ0) is 12.3.